The van der Waals surface area contributed by atoms with Gasteiger partial charge in [0.15, 0.2) is 0 Å². The first-order valence-corrected chi connectivity index (χ1v) is 7.30. The van der Waals surface area contributed by atoms with Gasteiger partial charge in [-0.25, -0.2) is 0 Å². The summed E-state index contributed by atoms with van der Waals surface area (Å²) in [6.07, 6.45) is 3.83. The van der Waals surface area contributed by atoms with Crippen molar-refractivity contribution >= 4 is 17.3 Å². The van der Waals surface area contributed by atoms with Crippen molar-refractivity contribution in [3.8, 4) is 6.07 Å². The van der Waals surface area contributed by atoms with Crippen molar-refractivity contribution in [1.29, 1.82) is 5.26 Å². The van der Waals surface area contributed by atoms with E-state index in [-0.39, 0.29) is 0 Å². The van der Waals surface area contributed by atoms with Gasteiger partial charge in [0.05, 0.1) is 10.6 Å². The van der Waals surface area contributed by atoms with Crippen molar-refractivity contribution in [2.45, 2.75) is 32.2 Å². The molecule has 0 saturated carbocycles. The number of anilines is 1. The zero-order valence-corrected chi connectivity index (χ0v) is 12.1. The van der Waals surface area contributed by atoms with Crippen LogP contribution in [0.5, 0.6) is 0 Å². The van der Waals surface area contributed by atoms with Crippen LogP contribution in [0, 0.1) is 11.3 Å². The van der Waals surface area contributed by atoms with Crippen molar-refractivity contribution in [2.75, 3.05) is 24.5 Å². The molecule has 0 radical (unpaired) electrons. The summed E-state index contributed by atoms with van der Waals surface area (Å²) in [5, 5.41) is 13.0. The summed E-state index contributed by atoms with van der Waals surface area (Å²) >= 11 is 6.11. The fraction of sp³-hybridized carbons (Fsp3) is 0.533. The predicted octanol–water partition coefficient (Wildman–Crippen LogP) is 3.18. The van der Waals surface area contributed by atoms with Crippen LogP contribution in [-0.4, -0.2) is 25.7 Å². The second-order valence-corrected chi connectivity index (χ2v) is 5.37. The maximum atomic E-state index is 8.91. The van der Waals surface area contributed by atoms with Crippen LogP contribution in [-0.2, 0) is 0 Å². The molecule has 4 heteroatoms. The lowest BCUT2D eigenvalue weighted by Crippen LogP contribution is -2.43. The monoisotopic (exact) mass is 277 g/mol. The Bertz CT molecular complexity index is 461. The lowest BCUT2D eigenvalue weighted by molar-refractivity contribution is 0.400. The summed E-state index contributed by atoms with van der Waals surface area (Å²) in [4.78, 5) is 2.32. The topological polar surface area (TPSA) is 39.1 Å². The first kappa shape index (κ1) is 14.2. The number of hydrogen-bond acceptors (Lipinski definition) is 3. The summed E-state index contributed by atoms with van der Waals surface area (Å²) in [7, 11) is 0. The first-order chi connectivity index (χ1) is 9.24. The molecule has 1 aromatic carbocycles. The van der Waals surface area contributed by atoms with E-state index in [2.05, 4.69) is 23.2 Å². The van der Waals surface area contributed by atoms with Gasteiger partial charge in [-0.1, -0.05) is 18.0 Å². The fourth-order valence-corrected chi connectivity index (χ4v) is 2.77. The van der Waals surface area contributed by atoms with Crippen molar-refractivity contribution in [3.63, 3.8) is 0 Å². The Balaban J connectivity index is 2.08. The Morgan fingerprint density at radius 2 is 2.32 bits per heavy atom. The van der Waals surface area contributed by atoms with E-state index in [1.165, 1.54) is 19.3 Å². The fourth-order valence-electron chi connectivity index (χ4n) is 2.55. The Kier molecular flexibility index (Phi) is 5.07. The Labute approximate surface area is 120 Å². The normalized spacial score (nSPS) is 18.9. The van der Waals surface area contributed by atoms with Gasteiger partial charge in [0.25, 0.3) is 0 Å². The van der Waals surface area contributed by atoms with Crippen LogP contribution in [0.15, 0.2) is 18.2 Å². The predicted molar refractivity (Wildman–Crippen MR) is 79.7 cm³/mol. The molecule has 1 N–H and O–H groups in total. The van der Waals surface area contributed by atoms with E-state index in [0.29, 0.717) is 16.6 Å². The highest BCUT2D eigenvalue weighted by atomic mass is 35.5. The minimum Gasteiger partial charge on any atom is -0.370 e. The molecule has 1 aliphatic heterocycles. The number of halogens is 1. The number of piperidine rings is 1. The van der Waals surface area contributed by atoms with Crippen LogP contribution in [0.25, 0.3) is 0 Å². The lowest BCUT2D eigenvalue weighted by Gasteiger charge is -2.31. The molecule has 3 nitrogen and oxygen atoms in total. The van der Waals surface area contributed by atoms with E-state index < -0.39 is 0 Å². The van der Waals surface area contributed by atoms with Crippen molar-refractivity contribution in [1.82, 2.24) is 5.32 Å². The molecule has 1 fully saturated rings. The summed E-state index contributed by atoms with van der Waals surface area (Å²) in [5.74, 6) is 0. The van der Waals surface area contributed by atoms with E-state index in [0.717, 1.165) is 25.3 Å². The molecule has 0 amide bonds. The summed E-state index contributed by atoms with van der Waals surface area (Å²) < 4.78 is 0. The molecule has 1 heterocycles. The van der Waals surface area contributed by atoms with E-state index in [4.69, 9.17) is 16.9 Å². The van der Waals surface area contributed by atoms with Crippen molar-refractivity contribution in [2.24, 2.45) is 0 Å². The Morgan fingerprint density at radius 3 is 2.89 bits per heavy atom. The maximum Gasteiger partial charge on any atom is 0.101 e. The molecule has 19 heavy (non-hydrogen) atoms. The summed E-state index contributed by atoms with van der Waals surface area (Å²) in [6, 6.07) is 8.33. The van der Waals surface area contributed by atoms with Gasteiger partial charge >= 0.3 is 0 Å². The largest absolute Gasteiger partial charge is 0.370 e. The van der Waals surface area contributed by atoms with Gasteiger partial charge < -0.3 is 10.2 Å². The van der Waals surface area contributed by atoms with E-state index in [1.807, 2.05) is 12.1 Å². The number of nitrogens with one attached hydrogen (secondary N) is 1. The SMILES string of the molecule is CCN(CC1CCCCN1)c1ccc(C#N)c(Cl)c1. The Hall–Kier alpha value is -1.24. The molecule has 1 unspecified atom stereocenters. The van der Waals surface area contributed by atoms with Gasteiger partial charge in [0.2, 0.25) is 0 Å². The Morgan fingerprint density at radius 1 is 1.47 bits per heavy atom. The molecular formula is C15H20ClN3. The third-order valence-electron chi connectivity index (χ3n) is 3.67. The van der Waals surface area contributed by atoms with E-state index in [9.17, 15) is 0 Å². The summed E-state index contributed by atoms with van der Waals surface area (Å²) in [6.45, 7) is 5.21. The van der Waals surface area contributed by atoms with Crippen LogP contribution >= 0.6 is 11.6 Å². The quantitative estimate of drug-likeness (QED) is 0.919. The summed E-state index contributed by atoms with van der Waals surface area (Å²) in [5.41, 5.74) is 1.64. The molecule has 102 valence electrons. The van der Waals surface area contributed by atoms with Crippen LogP contribution in [0.1, 0.15) is 31.7 Å². The third kappa shape index (κ3) is 3.62. The number of likely N-dealkylation sites (N-methyl/N-ethyl adjacent to an activating group) is 1. The average molecular weight is 278 g/mol. The van der Waals surface area contributed by atoms with Crippen LogP contribution in [0.3, 0.4) is 0 Å². The van der Waals surface area contributed by atoms with Crippen LogP contribution in [0.2, 0.25) is 5.02 Å². The molecule has 0 aliphatic carbocycles. The average Bonchev–Trinajstić information content (AvgIpc) is 2.46. The molecule has 1 aromatic rings. The van der Waals surface area contributed by atoms with Crippen molar-refractivity contribution < 1.29 is 0 Å². The molecule has 1 atom stereocenters. The molecule has 0 aromatic heterocycles. The first-order valence-electron chi connectivity index (χ1n) is 6.92. The van der Waals surface area contributed by atoms with Gasteiger partial charge in [0.1, 0.15) is 6.07 Å². The smallest absolute Gasteiger partial charge is 0.101 e. The lowest BCUT2D eigenvalue weighted by atomic mass is 10.0. The zero-order valence-electron chi connectivity index (χ0n) is 11.3. The second-order valence-electron chi connectivity index (χ2n) is 4.96. The molecule has 0 bridgehead atoms. The minimum absolute atomic E-state index is 0.537. The molecule has 2 rings (SSSR count). The standard InChI is InChI=1S/C15H20ClN3/c1-2-19(11-13-5-3-4-8-18-13)14-7-6-12(10-17)15(16)9-14/h6-7,9,13,18H,2-5,8,11H2,1H3. The number of hydrogen-bond donors (Lipinski definition) is 1. The molecular weight excluding hydrogens is 258 g/mol. The molecule has 1 saturated heterocycles. The van der Waals surface area contributed by atoms with E-state index in [1.54, 1.807) is 6.07 Å². The van der Waals surface area contributed by atoms with E-state index >= 15 is 0 Å². The van der Waals surface area contributed by atoms with Crippen LogP contribution in [0.4, 0.5) is 5.69 Å². The minimum atomic E-state index is 0.537. The van der Waals surface area contributed by atoms with Gasteiger partial charge in [-0.15, -0.1) is 0 Å². The van der Waals surface area contributed by atoms with Gasteiger partial charge in [-0.2, -0.15) is 5.26 Å². The highest BCUT2D eigenvalue weighted by molar-refractivity contribution is 6.32. The zero-order chi connectivity index (χ0) is 13.7. The van der Waals surface area contributed by atoms with Crippen molar-refractivity contribution in [3.05, 3.63) is 28.8 Å². The number of benzene rings is 1. The number of rotatable bonds is 4. The second kappa shape index (κ2) is 6.79. The van der Waals surface area contributed by atoms with Gasteiger partial charge in [-0.05, 0) is 44.5 Å². The van der Waals surface area contributed by atoms with Gasteiger partial charge in [0, 0.05) is 24.8 Å². The third-order valence-corrected chi connectivity index (χ3v) is 3.99. The highest BCUT2D eigenvalue weighted by Gasteiger charge is 2.16. The van der Waals surface area contributed by atoms with Crippen LogP contribution < -0.4 is 10.2 Å². The van der Waals surface area contributed by atoms with Gasteiger partial charge in [-0.3, -0.25) is 0 Å². The number of nitrogens with zero attached hydrogens (tertiary/aromatic N) is 2. The maximum absolute atomic E-state index is 8.91. The molecule has 1 aliphatic rings. The highest BCUT2D eigenvalue weighted by Crippen LogP contribution is 2.24. The number of nitriles is 1. The molecule has 0 spiro atoms.